The molecule has 4 aromatic rings. The van der Waals surface area contributed by atoms with E-state index in [0.29, 0.717) is 44.4 Å². The summed E-state index contributed by atoms with van der Waals surface area (Å²) in [6.45, 7) is -0.0182. The van der Waals surface area contributed by atoms with E-state index in [1.807, 2.05) is 0 Å². The van der Waals surface area contributed by atoms with Crippen LogP contribution in [0.3, 0.4) is 0 Å². The van der Waals surface area contributed by atoms with E-state index < -0.39 is 17.7 Å². The van der Waals surface area contributed by atoms with Crippen molar-refractivity contribution in [3.63, 3.8) is 0 Å². The van der Waals surface area contributed by atoms with Crippen molar-refractivity contribution in [3.8, 4) is 34.1 Å². The summed E-state index contributed by atoms with van der Waals surface area (Å²) in [6.07, 6.45) is -2.27. The topological polar surface area (TPSA) is 62.1 Å². The van der Waals surface area contributed by atoms with E-state index in [-0.39, 0.29) is 6.61 Å². The van der Waals surface area contributed by atoms with Gasteiger partial charge in [0, 0.05) is 36.6 Å². The van der Waals surface area contributed by atoms with Crippen molar-refractivity contribution in [1.29, 1.82) is 0 Å². The minimum absolute atomic E-state index is 0.0182. The Bertz CT molecular complexity index is 1310. The molecular weight excluding hydrogens is 520 g/mol. The van der Waals surface area contributed by atoms with Crippen LogP contribution in [0.2, 0.25) is 0 Å². The fourth-order valence-corrected chi connectivity index (χ4v) is 3.68. The summed E-state index contributed by atoms with van der Waals surface area (Å²) in [6, 6.07) is 10.2. The minimum Gasteiger partial charge on any atom is -0.496 e. The number of benzene rings is 1. The fraction of sp³-hybridized carbons (Fsp3) is 0.174. The number of hydrogen-bond acceptors (Lipinski definition) is 5. The van der Waals surface area contributed by atoms with E-state index in [4.69, 9.17) is 9.47 Å². The second-order valence-corrected chi connectivity index (χ2v) is 7.94. The summed E-state index contributed by atoms with van der Waals surface area (Å²) in [5.41, 5.74) is 1.43. The van der Waals surface area contributed by atoms with E-state index in [2.05, 4.69) is 30.9 Å². The van der Waals surface area contributed by atoms with Crippen LogP contribution < -0.4 is 9.47 Å². The van der Waals surface area contributed by atoms with E-state index in [0.717, 1.165) is 12.3 Å². The molecule has 0 bridgehead atoms. The van der Waals surface area contributed by atoms with Crippen LogP contribution >= 0.6 is 15.9 Å². The van der Waals surface area contributed by atoms with Crippen molar-refractivity contribution < 1.29 is 27.0 Å². The third-order valence-corrected chi connectivity index (χ3v) is 5.89. The molecule has 0 fully saturated rings. The molecule has 0 radical (unpaired) electrons. The zero-order valence-electron chi connectivity index (χ0n) is 17.9. The first-order valence-electron chi connectivity index (χ1n) is 9.85. The summed E-state index contributed by atoms with van der Waals surface area (Å²) in [5, 5.41) is 0. The van der Waals surface area contributed by atoms with E-state index in [9.17, 15) is 17.6 Å². The lowest BCUT2D eigenvalue weighted by Crippen LogP contribution is -2.06. The van der Waals surface area contributed by atoms with Crippen LogP contribution in [0.1, 0.15) is 11.3 Å². The van der Waals surface area contributed by atoms with Crippen molar-refractivity contribution in [2.45, 2.75) is 12.8 Å². The Morgan fingerprint density at radius 2 is 1.82 bits per heavy atom. The smallest absolute Gasteiger partial charge is 0.417 e. The van der Waals surface area contributed by atoms with Crippen LogP contribution in [0.25, 0.3) is 22.6 Å². The number of methoxy groups -OCH3 is 1. The molecule has 3 aromatic heterocycles. The molecule has 0 spiro atoms. The van der Waals surface area contributed by atoms with Crippen LogP contribution in [0, 0.1) is 5.95 Å². The summed E-state index contributed by atoms with van der Waals surface area (Å²) in [7, 11) is 3.31. The molecule has 4 rings (SSSR count). The first-order valence-corrected chi connectivity index (χ1v) is 10.6. The molecule has 0 amide bonds. The molecule has 0 aliphatic rings. The van der Waals surface area contributed by atoms with Gasteiger partial charge in [-0.05, 0) is 52.3 Å². The zero-order chi connectivity index (χ0) is 24.5. The minimum atomic E-state index is -4.44. The molecule has 6 nitrogen and oxygen atoms in total. The van der Waals surface area contributed by atoms with E-state index in [1.54, 1.807) is 35.9 Å². The monoisotopic (exact) mass is 536 g/mol. The van der Waals surface area contributed by atoms with Gasteiger partial charge in [-0.25, -0.2) is 9.97 Å². The lowest BCUT2D eigenvalue weighted by Gasteiger charge is -2.11. The van der Waals surface area contributed by atoms with E-state index >= 15 is 0 Å². The molecule has 0 saturated carbocycles. The van der Waals surface area contributed by atoms with Crippen molar-refractivity contribution >= 4 is 15.9 Å². The SMILES string of the molecule is COc1cc(OCc2ccc(C(F)(F)F)cn2)ccc1-c1nc(-c2ccc(F)nc2)n(C)c1Br. The Hall–Kier alpha value is -3.47. The van der Waals surface area contributed by atoms with Crippen LogP contribution in [0.5, 0.6) is 11.5 Å². The van der Waals surface area contributed by atoms with Crippen LogP contribution in [-0.4, -0.2) is 26.6 Å². The van der Waals surface area contributed by atoms with Gasteiger partial charge in [-0.2, -0.15) is 17.6 Å². The fourth-order valence-electron chi connectivity index (χ4n) is 3.21. The molecule has 34 heavy (non-hydrogen) atoms. The quantitative estimate of drug-likeness (QED) is 0.221. The summed E-state index contributed by atoms with van der Waals surface area (Å²) in [4.78, 5) is 12.2. The summed E-state index contributed by atoms with van der Waals surface area (Å²) in [5.74, 6) is 0.906. The van der Waals surface area contributed by atoms with Gasteiger partial charge in [-0.3, -0.25) is 4.98 Å². The molecule has 0 atom stereocenters. The lowest BCUT2D eigenvalue weighted by atomic mass is 10.1. The molecule has 176 valence electrons. The van der Waals surface area contributed by atoms with Gasteiger partial charge >= 0.3 is 6.18 Å². The predicted octanol–water partition coefficient (Wildman–Crippen LogP) is 6.05. The highest BCUT2D eigenvalue weighted by atomic mass is 79.9. The van der Waals surface area contributed by atoms with Crippen LogP contribution in [0.15, 0.2) is 59.5 Å². The molecule has 11 heteroatoms. The maximum absolute atomic E-state index is 13.2. The number of rotatable bonds is 6. The second kappa shape index (κ2) is 9.41. The lowest BCUT2D eigenvalue weighted by molar-refractivity contribution is -0.137. The highest BCUT2D eigenvalue weighted by molar-refractivity contribution is 9.10. The average molecular weight is 537 g/mol. The number of aromatic nitrogens is 4. The summed E-state index contributed by atoms with van der Waals surface area (Å²) < 4.78 is 64.9. The maximum Gasteiger partial charge on any atom is 0.417 e. The molecule has 0 N–H and O–H groups in total. The average Bonchev–Trinajstić information content (AvgIpc) is 3.12. The number of halogens is 5. The number of hydrogen-bond donors (Lipinski definition) is 0. The molecule has 0 unspecified atom stereocenters. The van der Waals surface area contributed by atoms with Gasteiger partial charge in [0.2, 0.25) is 5.95 Å². The molecule has 0 aliphatic heterocycles. The Morgan fingerprint density at radius 3 is 2.44 bits per heavy atom. The van der Waals surface area contributed by atoms with Gasteiger partial charge in [0.05, 0.1) is 18.4 Å². The maximum atomic E-state index is 13.2. The van der Waals surface area contributed by atoms with Gasteiger partial charge in [-0.15, -0.1) is 0 Å². The van der Waals surface area contributed by atoms with Gasteiger partial charge in [0.15, 0.2) is 0 Å². The number of nitrogens with zero attached hydrogens (tertiary/aromatic N) is 4. The third kappa shape index (κ3) is 4.89. The normalized spacial score (nSPS) is 11.5. The molecule has 3 heterocycles. The second-order valence-electron chi connectivity index (χ2n) is 7.19. The zero-order valence-corrected chi connectivity index (χ0v) is 19.5. The number of pyridine rings is 2. The largest absolute Gasteiger partial charge is 0.496 e. The van der Waals surface area contributed by atoms with Gasteiger partial charge < -0.3 is 14.0 Å². The van der Waals surface area contributed by atoms with Crippen molar-refractivity contribution in [1.82, 2.24) is 19.5 Å². The van der Waals surface area contributed by atoms with Gasteiger partial charge in [0.1, 0.15) is 34.2 Å². The molecule has 0 saturated heterocycles. The first kappa shape index (κ1) is 23.7. The standard InChI is InChI=1S/C23H17BrF4N4O2/c1-32-21(24)20(31-22(32)13-3-8-19(25)30-10-13)17-7-6-16(9-18(17)33-2)34-12-15-5-4-14(11-29-15)23(26,27)28/h3-11H,12H2,1-2H3. The van der Waals surface area contributed by atoms with Crippen LogP contribution in [0.4, 0.5) is 17.6 Å². The number of ether oxygens (including phenoxy) is 2. The molecular formula is C23H17BrF4N4O2. The number of imidazole rings is 1. The van der Waals surface area contributed by atoms with Crippen LogP contribution in [-0.2, 0) is 19.8 Å². The van der Waals surface area contributed by atoms with Crippen molar-refractivity contribution in [2.24, 2.45) is 7.05 Å². The predicted molar refractivity (Wildman–Crippen MR) is 120 cm³/mol. The Morgan fingerprint density at radius 1 is 1.03 bits per heavy atom. The van der Waals surface area contributed by atoms with E-state index in [1.165, 1.54) is 25.4 Å². The Kier molecular flexibility index (Phi) is 6.56. The Labute approximate surface area is 200 Å². The molecule has 1 aromatic carbocycles. The van der Waals surface area contributed by atoms with Crippen molar-refractivity contribution in [3.05, 3.63) is 76.7 Å². The van der Waals surface area contributed by atoms with Gasteiger partial charge in [-0.1, -0.05) is 0 Å². The third-order valence-electron chi connectivity index (χ3n) is 4.98. The van der Waals surface area contributed by atoms with Crippen molar-refractivity contribution in [2.75, 3.05) is 7.11 Å². The molecule has 0 aliphatic carbocycles. The van der Waals surface area contributed by atoms with Gasteiger partial charge in [0.25, 0.3) is 0 Å². The first-order chi connectivity index (χ1) is 16.2. The highest BCUT2D eigenvalue weighted by Gasteiger charge is 2.30. The Balaban J connectivity index is 1.57. The number of alkyl halides is 3. The summed E-state index contributed by atoms with van der Waals surface area (Å²) >= 11 is 3.54. The highest BCUT2D eigenvalue weighted by Crippen LogP contribution is 2.38.